The Morgan fingerprint density at radius 3 is 3.27 bits per heavy atom. The van der Waals surface area contributed by atoms with E-state index in [9.17, 15) is 0 Å². The highest BCUT2D eigenvalue weighted by molar-refractivity contribution is 7.17. The average molecular weight is 164 g/mol. The largest absolute Gasteiger partial charge is 0.326 e. The summed E-state index contributed by atoms with van der Waals surface area (Å²) < 4.78 is 1.22. The van der Waals surface area contributed by atoms with Crippen molar-refractivity contribution < 1.29 is 0 Å². The van der Waals surface area contributed by atoms with Crippen molar-refractivity contribution in [2.75, 3.05) is 0 Å². The molecule has 2 nitrogen and oxygen atoms in total. The number of nitrogens with zero attached hydrogens (tertiary/aromatic N) is 1. The molecular formula is C8H8N2S. The number of aromatic nitrogens is 1. The van der Waals surface area contributed by atoms with Crippen molar-refractivity contribution in [3.05, 3.63) is 29.3 Å². The predicted molar refractivity (Wildman–Crippen MR) is 47.5 cm³/mol. The first-order valence-electron chi connectivity index (χ1n) is 3.42. The maximum absolute atomic E-state index is 5.47. The van der Waals surface area contributed by atoms with Crippen molar-refractivity contribution in [2.45, 2.75) is 6.54 Å². The Labute approximate surface area is 68.7 Å². The zero-order valence-corrected chi connectivity index (χ0v) is 6.77. The van der Waals surface area contributed by atoms with Gasteiger partial charge in [0, 0.05) is 12.7 Å². The molecule has 0 fully saturated rings. The van der Waals surface area contributed by atoms with Crippen LogP contribution >= 0.6 is 11.3 Å². The van der Waals surface area contributed by atoms with Gasteiger partial charge in [-0.2, -0.15) is 0 Å². The summed E-state index contributed by atoms with van der Waals surface area (Å²) in [5.41, 5.74) is 7.63. The Morgan fingerprint density at radius 2 is 2.45 bits per heavy atom. The molecule has 0 saturated carbocycles. The summed E-state index contributed by atoms with van der Waals surface area (Å²) in [6.45, 7) is 0.570. The maximum Gasteiger partial charge on any atom is 0.0809 e. The fourth-order valence-electron chi connectivity index (χ4n) is 0.999. The molecule has 0 aromatic carbocycles. The van der Waals surface area contributed by atoms with E-state index in [0.29, 0.717) is 6.54 Å². The second kappa shape index (κ2) is 2.60. The summed E-state index contributed by atoms with van der Waals surface area (Å²) >= 11 is 1.70. The van der Waals surface area contributed by atoms with E-state index >= 15 is 0 Å². The third-order valence-corrected chi connectivity index (χ3v) is 2.45. The lowest BCUT2D eigenvalue weighted by molar-refractivity contribution is 1.06. The van der Waals surface area contributed by atoms with Crippen molar-refractivity contribution in [3.8, 4) is 0 Å². The number of thiophene rings is 1. The molecule has 0 amide bonds. The van der Waals surface area contributed by atoms with Gasteiger partial charge in [-0.05, 0) is 23.1 Å². The molecule has 2 aromatic heterocycles. The first-order valence-corrected chi connectivity index (χ1v) is 4.30. The lowest BCUT2D eigenvalue weighted by atomic mass is 10.3. The third-order valence-electron chi connectivity index (χ3n) is 1.60. The van der Waals surface area contributed by atoms with Crippen LogP contribution in [0.3, 0.4) is 0 Å². The van der Waals surface area contributed by atoms with E-state index in [1.54, 1.807) is 11.3 Å². The fourth-order valence-corrected chi connectivity index (χ4v) is 1.80. The molecule has 0 saturated heterocycles. The first kappa shape index (κ1) is 6.76. The van der Waals surface area contributed by atoms with E-state index < -0.39 is 0 Å². The van der Waals surface area contributed by atoms with Gasteiger partial charge in [0.2, 0.25) is 0 Å². The summed E-state index contributed by atoms with van der Waals surface area (Å²) in [4.78, 5) is 4.24. The first-order chi connectivity index (χ1) is 5.40. The zero-order valence-electron chi connectivity index (χ0n) is 5.95. The highest BCUT2D eigenvalue weighted by atomic mass is 32.1. The van der Waals surface area contributed by atoms with Crippen molar-refractivity contribution in [2.24, 2.45) is 5.73 Å². The predicted octanol–water partition coefficient (Wildman–Crippen LogP) is 1.75. The molecule has 0 bridgehead atoms. The van der Waals surface area contributed by atoms with Gasteiger partial charge in [-0.1, -0.05) is 0 Å². The van der Waals surface area contributed by atoms with Crippen LogP contribution in [0.2, 0.25) is 0 Å². The SMILES string of the molecule is NCc1cnc2ccsc2c1. The van der Waals surface area contributed by atoms with E-state index in [4.69, 9.17) is 5.73 Å². The lowest BCUT2D eigenvalue weighted by Crippen LogP contribution is -1.95. The van der Waals surface area contributed by atoms with Crippen LogP contribution < -0.4 is 5.73 Å². The molecule has 3 heteroatoms. The maximum atomic E-state index is 5.47. The number of fused-ring (bicyclic) bond motifs is 1. The molecule has 2 heterocycles. The third kappa shape index (κ3) is 1.13. The second-order valence-corrected chi connectivity index (χ2v) is 3.30. The van der Waals surface area contributed by atoms with Gasteiger partial charge >= 0.3 is 0 Å². The minimum atomic E-state index is 0.570. The van der Waals surface area contributed by atoms with Crippen molar-refractivity contribution in [3.63, 3.8) is 0 Å². The summed E-state index contributed by atoms with van der Waals surface area (Å²) in [6, 6.07) is 4.10. The van der Waals surface area contributed by atoms with Crippen LogP contribution in [0.5, 0.6) is 0 Å². The van der Waals surface area contributed by atoms with Gasteiger partial charge < -0.3 is 5.73 Å². The molecule has 2 N–H and O–H groups in total. The number of rotatable bonds is 1. The van der Waals surface area contributed by atoms with Crippen LogP contribution in [0, 0.1) is 0 Å². The van der Waals surface area contributed by atoms with Crippen LogP contribution in [0.1, 0.15) is 5.56 Å². The Morgan fingerprint density at radius 1 is 1.55 bits per heavy atom. The fraction of sp³-hybridized carbons (Fsp3) is 0.125. The summed E-state index contributed by atoms with van der Waals surface area (Å²) in [6.07, 6.45) is 1.83. The van der Waals surface area contributed by atoms with Crippen LogP contribution in [-0.2, 0) is 6.54 Å². The minimum absolute atomic E-state index is 0.570. The highest BCUT2D eigenvalue weighted by Gasteiger charge is 1.95. The van der Waals surface area contributed by atoms with Crippen molar-refractivity contribution in [1.29, 1.82) is 0 Å². The van der Waals surface area contributed by atoms with E-state index in [1.807, 2.05) is 17.6 Å². The van der Waals surface area contributed by atoms with E-state index in [-0.39, 0.29) is 0 Å². The quantitative estimate of drug-likeness (QED) is 0.697. The Hall–Kier alpha value is -0.930. The lowest BCUT2D eigenvalue weighted by Gasteiger charge is -1.93. The van der Waals surface area contributed by atoms with Gasteiger partial charge in [-0.25, -0.2) is 0 Å². The van der Waals surface area contributed by atoms with Crippen LogP contribution in [0.25, 0.3) is 10.2 Å². The Balaban J connectivity index is 2.67. The van der Waals surface area contributed by atoms with Gasteiger partial charge in [0.05, 0.1) is 10.2 Å². The minimum Gasteiger partial charge on any atom is -0.326 e. The molecule has 11 heavy (non-hydrogen) atoms. The van der Waals surface area contributed by atoms with Gasteiger partial charge in [-0.15, -0.1) is 11.3 Å². The molecule has 0 atom stereocenters. The number of hydrogen-bond acceptors (Lipinski definition) is 3. The summed E-state index contributed by atoms with van der Waals surface area (Å²) in [5, 5.41) is 2.04. The van der Waals surface area contributed by atoms with Crippen molar-refractivity contribution >= 4 is 21.6 Å². The Bertz CT molecular complexity index is 367. The van der Waals surface area contributed by atoms with Crippen LogP contribution in [0.4, 0.5) is 0 Å². The molecule has 2 rings (SSSR count). The highest BCUT2D eigenvalue weighted by Crippen LogP contribution is 2.18. The van der Waals surface area contributed by atoms with Crippen LogP contribution in [-0.4, -0.2) is 4.98 Å². The van der Waals surface area contributed by atoms with E-state index in [0.717, 1.165) is 11.1 Å². The molecule has 0 aliphatic heterocycles. The topological polar surface area (TPSA) is 38.9 Å². The molecule has 0 unspecified atom stereocenters. The molecule has 2 aromatic rings. The summed E-state index contributed by atoms with van der Waals surface area (Å²) in [7, 11) is 0. The second-order valence-electron chi connectivity index (χ2n) is 2.35. The van der Waals surface area contributed by atoms with E-state index in [1.165, 1.54) is 4.70 Å². The molecule has 0 aliphatic rings. The molecule has 0 spiro atoms. The standard InChI is InChI=1S/C8H8N2S/c9-4-6-3-8-7(10-5-6)1-2-11-8/h1-3,5H,4,9H2. The Kier molecular flexibility index (Phi) is 1.60. The average Bonchev–Trinajstić information content (AvgIpc) is 2.50. The van der Waals surface area contributed by atoms with Gasteiger partial charge in [0.1, 0.15) is 0 Å². The molecular weight excluding hydrogens is 156 g/mol. The molecule has 0 aliphatic carbocycles. The van der Waals surface area contributed by atoms with Gasteiger partial charge in [0.25, 0.3) is 0 Å². The smallest absolute Gasteiger partial charge is 0.0809 e. The number of pyridine rings is 1. The van der Waals surface area contributed by atoms with Crippen LogP contribution in [0.15, 0.2) is 23.7 Å². The monoisotopic (exact) mass is 164 g/mol. The summed E-state index contributed by atoms with van der Waals surface area (Å²) in [5.74, 6) is 0. The van der Waals surface area contributed by atoms with Crippen molar-refractivity contribution in [1.82, 2.24) is 4.98 Å². The van der Waals surface area contributed by atoms with Gasteiger partial charge in [-0.3, -0.25) is 4.98 Å². The molecule has 0 radical (unpaired) electrons. The van der Waals surface area contributed by atoms with E-state index in [2.05, 4.69) is 11.1 Å². The molecule has 56 valence electrons. The number of nitrogens with two attached hydrogens (primary N) is 1. The zero-order chi connectivity index (χ0) is 7.68. The normalized spacial score (nSPS) is 10.6. The number of hydrogen-bond donors (Lipinski definition) is 1. The van der Waals surface area contributed by atoms with Gasteiger partial charge in [0.15, 0.2) is 0 Å².